The molecule has 0 radical (unpaired) electrons. The maximum atomic E-state index is 3.36. The van der Waals surface area contributed by atoms with Crippen molar-refractivity contribution in [3.05, 3.63) is 47.7 Å². The number of hydrogen-bond acceptors (Lipinski definition) is 0. The average molecular weight is 365 g/mol. The molecule has 4 heteroatoms. The Kier molecular flexibility index (Phi) is 15.7. The smallest absolute Gasteiger partial charge is 1.00 e. The molecular weight excluding hydrogens is 346 g/mol. The Balaban J connectivity index is -0.000000216. The normalized spacial score (nSPS) is 14.9. The summed E-state index contributed by atoms with van der Waals surface area (Å²) in [6, 6.07) is 0. The molecule has 0 amide bonds. The third-order valence-electron chi connectivity index (χ3n) is 2.09. The van der Waals surface area contributed by atoms with Gasteiger partial charge in [0.25, 0.3) is 0 Å². The van der Waals surface area contributed by atoms with Gasteiger partial charge in [0.1, 0.15) is 0 Å². The van der Waals surface area contributed by atoms with E-state index in [0.29, 0.717) is 0 Å². The fourth-order valence-electron chi connectivity index (χ4n) is 1.26. The fourth-order valence-corrected chi connectivity index (χ4v) is 2.51. The molecule has 92 valence electrons. The summed E-state index contributed by atoms with van der Waals surface area (Å²) in [6.45, 7) is 7.06. The molecule has 0 aromatic carbocycles. The van der Waals surface area contributed by atoms with E-state index in [1.165, 1.54) is 5.20 Å². The topological polar surface area (TPSA) is 0 Å². The summed E-state index contributed by atoms with van der Waals surface area (Å²) < 4.78 is 0. The second kappa shape index (κ2) is 11.7. The van der Waals surface area contributed by atoms with E-state index >= 15 is 0 Å². The Hall–Kier alpha value is 0.640. The SMILES string of the molecule is C[Si](C)(C)C1=[C-]CC=C1.[C-]1=CC=CC1.[Cl-].[Cl-].[Zr+4]. The van der Waals surface area contributed by atoms with Crippen molar-refractivity contribution in [1.29, 1.82) is 0 Å². The van der Waals surface area contributed by atoms with Crippen molar-refractivity contribution in [2.75, 3.05) is 0 Å². The molecule has 2 aliphatic carbocycles. The van der Waals surface area contributed by atoms with Gasteiger partial charge in [0.2, 0.25) is 0 Å². The molecule has 0 aliphatic heterocycles. The van der Waals surface area contributed by atoms with Crippen LogP contribution in [0.5, 0.6) is 0 Å². The monoisotopic (exact) mass is 362 g/mol. The van der Waals surface area contributed by atoms with Crippen molar-refractivity contribution >= 4 is 8.07 Å². The minimum atomic E-state index is -1.01. The summed E-state index contributed by atoms with van der Waals surface area (Å²) in [5, 5.41) is 1.49. The maximum Gasteiger partial charge on any atom is 4.00 e. The van der Waals surface area contributed by atoms with E-state index in [-0.39, 0.29) is 51.0 Å². The van der Waals surface area contributed by atoms with Gasteiger partial charge in [0, 0.05) is 8.07 Å². The molecule has 2 rings (SSSR count). The van der Waals surface area contributed by atoms with Gasteiger partial charge in [-0.2, -0.15) is 12.2 Å². The maximum absolute atomic E-state index is 3.36. The van der Waals surface area contributed by atoms with Gasteiger partial charge >= 0.3 is 26.2 Å². The van der Waals surface area contributed by atoms with Gasteiger partial charge < -0.3 is 24.8 Å². The zero-order valence-corrected chi connectivity index (χ0v) is 15.5. The van der Waals surface area contributed by atoms with Crippen LogP contribution >= 0.6 is 0 Å². The van der Waals surface area contributed by atoms with Crippen LogP contribution in [0.3, 0.4) is 0 Å². The van der Waals surface area contributed by atoms with Crippen LogP contribution < -0.4 is 24.8 Å². The predicted octanol–water partition coefficient (Wildman–Crippen LogP) is -2.14. The van der Waals surface area contributed by atoms with Crippen molar-refractivity contribution in [1.82, 2.24) is 0 Å². The van der Waals surface area contributed by atoms with Crippen LogP contribution in [0.1, 0.15) is 12.8 Å². The standard InChI is InChI=1S/C8H13Si.C5H5.2ClH.Zr/c1-9(2,3)8-6-4-5-7-8;1-2-4-5-3-1;;;/h4,6H,5H2,1-3H3;1-3H,4H2;2*1H;/q2*-1;;;+4/p-2. The fraction of sp³-hybridized carbons (Fsp3) is 0.385. The third kappa shape index (κ3) is 10.3. The first-order valence-electron chi connectivity index (χ1n) is 5.10. The first-order valence-corrected chi connectivity index (χ1v) is 8.60. The molecule has 0 heterocycles. The van der Waals surface area contributed by atoms with E-state index in [0.717, 1.165) is 12.8 Å². The van der Waals surface area contributed by atoms with Crippen molar-refractivity contribution in [3.8, 4) is 0 Å². The van der Waals surface area contributed by atoms with Crippen LogP contribution in [-0.2, 0) is 26.2 Å². The minimum absolute atomic E-state index is 0. The summed E-state index contributed by atoms with van der Waals surface area (Å²) in [5.74, 6) is 0. The van der Waals surface area contributed by atoms with Crippen molar-refractivity contribution < 1.29 is 51.0 Å². The van der Waals surface area contributed by atoms with E-state index in [9.17, 15) is 0 Å². The molecule has 0 fully saturated rings. The van der Waals surface area contributed by atoms with Gasteiger partial charge in [-0.1, -0.05) is 19.6 Å². The Bertz CT molecular complexity index is 289. The first kappa shape index (κ1) is 22.8. The molecule has 0 atom stereocenters. The molecule has 0 aromatic rings. The molecule has 0 bridgehead atoms. The van der Waals surface area contributed by atoms with E-state index in [1.807, 2.05) is 12.2 Å². The summed E-state index contributed by atoms with van der Waals surface area (Å²) >= 11 is 0. The third-order valence-corrected chi connectivity index (χ3v) is 4.05. The molecule has 0 saturated carbocycles. The summed E-state index contributed by atoms with van der Waals surface area (Å²) in [4.78, 5) is 0. The predicted molar refractivity (Wildman–Crippen MR) is 65.4 cm³/mol. The van der Waals surface area contributed by atoms with Gasteiger partial charge in [-0.25, -0.2) is 23.4 Å². The van der Waals surface area contributed by atoms with Crippen LogP contribution in [-0.4, -0.2) is 8.07 Å². The summed E-state index contributed by atoms with van der Waals surface area (Å²) in [6.07, 6.45) is 18.8. The molecule has 0 spiro atoms. The van der Waals surface area contributed by atoms with Crippen molar-refractivity contribution in [3.63, 3.8) is 0 Å². The zero-order valence-electron chi connectivity index (χ0n) is 10.6. The van der Waals surface area contributed by atoms with Gasteiger partial charge in [-0.05, 0) is 0 Å². The van der Waals surface area contributed by atoms with Crippen LogP contribution in [0.4, 0.5) is 0 Å². The van der Waals surface area contributed by atoms with Gasteiger partial charge in [0.15, 0.2) is 0 Å². The van der Waals surface area contributed by atoms with Gasteiger partial charge in [-0.15, -0.1) is 12.8 Å². The zero-order chi connectivity index (χ0) is 10.4. The van der Waals surface area contributed by atoms with Crippen LogP contribution in [0.2, 0.25) is 19.6 Å². The second-order valence-electron chi connectivity index (χ2n) is 4.45. The van der Waals surface area contributed by atoms with E-state index < -0.39 is 8.07 Å². The molecule has 17 heavy (non-hydrogen) atoms. The second-order valence-corrected chi connectivity index (χ2v) is 9.49. The Morgan fingerprint density at radius 2 is 1.71 bits per heavy atom. The molecule has 0 saturated heterocycles. The van der Waals surface area contributed by atoms with E-state index in [2.05, 4.69) is 50.0 Å². The first-order chi connectivity index (χ1) is 6.61. The molecule has 0 unspecified atom stereocenters. The minimum Gasteiger partial charge on any atom is -1.00 e. The quantitative estimate of drug-likeness (QED) is 0.368. The Labute approximate surface area is 138 Å². The molecule has 0 nitrogen and oxygen atoms in total. The molecular formula is C13H18Cl2SiZr. The van der Waals surface area contributed by atoms with E-state index in [1.54, 1.807) is 0 Å². The average Bonchev–Trinajstić information content (AvgIpc) is 2.80. The van der Waals surface area contributed by atoms with Gasteiger partial charge in [-0.3, -0.25) is 12.2 Å². The van der Waals surface area contributed by atoms with Crippen molar-refractivity contribution in [2.45, 2.75) is 32.5 Å². The summed E-state index contributed by atoms with van der Waals surface area (Å²) in [7, 11) is -1.01. The summed E-state index contributed by atoms with van der Waals surface area (Å²) in [5.41, 5.74) is 0. The van der Waals surface area contributed by atoms with E-state index in [4.69, 9.17) is 0 Å². The van der Waals surface area contributed by atoms with Gasteiger partial charge in [0.05, 0.1) is 0 Å². The van der Waals surface area contributed by atoms with Crippen LogP contribution in [0, 0.1) is 12.2 Å². The largest absolute Gasteiger partial charge is 4.00 e. The number of rotatable bonds is 1. The molecule has 2 aliphatic rings. The Morgan fingerprint density at radius 1 is 1.06 bits per heavy atom. The molecule has 0 aromatic heterocycles. The number of halogens is 2. The van der Waals surface area contributed by atoms with Crippen LogP contribution in [0.15, 0.2) is 35.6 Å². The van der Waals surface area contributed by atoms with Crippen LogP contribution in [0.25, 0.3) is 0 Å². The number of allylic oxidation sites excluding steroid dienone is 8. The molecule has 0 N–H and O–H groups in total. The number of hydrogen-bond donors (Lipinski definition) is 0. The Morgan fingerprint density at radius 3 is 1.88 bits per heavy atom. The van der Waals surface area contributed by atoms with Crippen molar-refractivity contribution in [2.24, 2.45) is 0 Å².